The smallest absolute Gasteiger partial charge is 0.748 e. The molecule has 0 aliphatic rings. The Morgan fingerprint density at radius 1 is 0.655 bits per heavy atom. The summed E-state index contributed by atoms with van der Waals surface area (Å²) in [6, 6.07) is 0. The first-order valence-corrected chi connectivity index (χ1v) is 13.5. The second kappa shape index (κ2) is 22.1. The predicted octanol–water partition coefficient (Wildman–Crippen LogP) is 3.72. The van der Waals surface area contributed by atoms with Crippen molar-refractivity contribution in [3.8, 4) is 0 Å². The van der Waals surface area contributed by atoms with Crippen LogP contribution in [0, 0.1) is 0 Å². The van der Waals surface area contributed by atoms with Crippen LogP contribution >= 0.6 is 0 Å². The third-order valence-corrected chi connectivity index (χ3v) is 7.00. The minimum atomic E-state index is -4.10. The average Bonchev–Trinajstić information content (AvgIpc) is 2.64. The van der Waals surface area contributed by atoms with E-state index >= 15 is 0 Å². The van der Waals surface area contributed by atoms with Gasteiger partial charge in [0, 0.05) is 5.25 Å². The van der Waals surface area contributed by atoms with Gasteiger partial charge in [-0.1, -0.05) is 110 Å². The Hall–Kier alpha value is 0.870. The van der Waals surface area contributed by atoms with Crippen LogP contribution in [0.5, 0.6) is 0 Å². The summed E-state index contributed by atoms with van der Waals surface area (Å²) in [5.41, 5.74) is 0. The van der Waals surface area contributed by atoms with E-state index in [1.807, 2.05) is 0 Å². The van der Waals surface area contributed by atoms with E-state index in [0.717, 1.165) is 38.5 Å². The summed E-state index contributed by atoms with van der Waals surface area (Å²) >= 11 is 0. The largest absolute Gasteiger partial charge is 1.00 e. The van der Waals surface area contributed by atoms with Crippen LogP contribution in [-0.4, -0.2) is 29.4 Å². The second-order valence-corrected chi connectivity index (χ2v) is 10.4. The molecule has 0 aliphatic carbocycles. The zero-order chi connectivity index (χ0) is 21.1. The van der Waals surface area contributed by atoms with Gasteiger partial charge in [-0.15, -0.1) is 0 Å². The fraction of sp³-hybridized carbons (Fsp3) is 1.00. The van der Waals surface area contributed by atoms with E-state index in [2.05, 4.69) is 6.92 Å². The molecular formula is C23H47NaO4S. The van der Waals surface area contributed by atoms with Gasteiger partial charge in [-0.2, -0.15) is 0 Å². The van der Waals surface area contributed by atoms with E-state index in [9.17, 15) is 18.1 Å². The molecule has 0 rings (SSSR count). The molecule has 0 heterocycles. The minimum Gasteiger partial charge on any atom is -0.748 e. The number of hydrogen-bond acceptors (Lipinski definition) is 4. The van der Waals surface area contributed by atoms with Crippen LogP contribution in [0.4, 0.5) is 0 Å². The predicted molar refractivity (Wildman–Crippen MR) is 119 cm³/mol. The topological polar surface area (TPSA) is 77.4 Å². The quantitative estimate of drug-likeness (QED) is 0.167. The molecule has 0 fully saturated rings. The molecular weight excluding hydrogens is 395 g/mol. The molecule has 2 atom stereocenters. The van der Waals surface area contributed by atoms with Crippen LogP contribution in [0.3, 0.4) is 0 Å². The molecule has 0 aliphatic heterocycles. The Bertz CT molecular complexity index is 429. The fourth-order valence-electron chi connectivity index (χ4n) is 3.67. The van der Waals surface area contributed by atoms with Crippen LogP contribution < -0.4 is 29.6 Å². The van der Waals surface area contributed by atoms with Crippen molar-refractivity contribution < 1.29 is 47.6 Å². The molecule has 0 radical (unpaired) electrons. The Kier molecular flexibility index (Phi) is 24.4. The molecule has 0 aromatic heterocycles. The van der Waals surface area contributed by atoms with E-state index in [1.165, 1.54) is 84.0 Å². The van der Waals surface area contributed by atoms with Gasteiger partial charge in [0.25, 0.3) is 0 Å². The summed E-state index contributed by atoms with van der Waals surface area (Å²) in [5, 5.41) is 9.31. The molecule has 0 aromatic carbocycles. The summed E-state index contributed by atoms with van der Waals surface area (Å²) in [5.74, 6) is 0. The molecule has 29 heavy (non-hydrogen) atoms. The van der Waals surface area contributed by atoms with Crippen molar-refractivity contribution >= 4 is 10.1 Å². The number of hydrogen-bond donors (Lipinski definition) is 1. The molecule has 0 aromatic rings. The van der Waals surface area contributed by atoms with Crippen LogP contribution in [-0.2, 0) is 10.1 Å². The molecule has 170 valence electrons. The maximum absolute atomic E-state index is 10.8. The molecule has 0 amide bonds. The SMILES string of the molecule is CCCCCCCCCCC(O)CCCCCCCCCCC(C)S(=O)(=O)[O-].[Na+]. The maximum atomic E-state index is 10.8. The Balaban J connectivity index is 0. The van der Waals surface area contributed by atoms with Gasteiger partial charge in [0.2, 0.25) is 0 Å². The maximum Gasteiger partial charge on any atom is 1.00 e. The standard InChI is InChI=1S/C23H48O4S.Na/c1-3-4-5-6-7-11-14-17-20-23(24)21-18-15-12-9-8-10-13-16-19-22(2)28(25,26)27;/h22-24H,3-21H2,1-2H3,(H,25,26,27);/q;+1/p-1. The van der Waals surface area contributed by atoms with Gasteiger partial charge in [-0.3, -0.25) is 0 Å². The van der Waals surface area contributed by atoms with Gasteiger partial charge in [-0.25, -0.2) is 8.42 Å². The number of rotatable bonds is 21. The summed E-state index contributed by atoms with van der Waals surface area (Å²) in [6.07, 6.45) is 21.7. The van der Waals surface area contributed by atoms with Crippen LogP contribution in [0.25, 0.3) is 0 Å². The van der Waals surface area contributed by atoms with Crippen molar-refractivity contribution in [1.82, 2.24) is 0 Å². The van der Waals surface area contributed by atoms with E-state index < -0.39 is 15.4 Å². The van der Waals surface area contributed by atoms with Gasteiger partial charge >= 0.3 is 29.6 Å². The van der Waals surface area contributed by atoms with Gasteiger partial charge in [0.15, 0.2) is 0 Å². The molecule has 1 N–H and O–H groups in total. The molecule has 0 spiro atoms. The summed E-state index contributed by atoms with van der Waals surface area (Å²) in [4.78, 5) is 0. The Labute approximate surface area is 204 Å². The third kappa shape index (κ3) is 23.4. The molecule has 6 heteroatoms. The molecule has 0 saturated heterocycles. The molecule has 0 bridgehead atoms. The van der Waals surface area contributed by atoms with Gasteiger partial charge < -0.3 is 9.66 Å². The molecule has 0 saturated carbocycles. The Morgan fingerprint density at radius 2 is 0.966 bits per heavy atom. The van der Waals surface area contributed by atoms with Crippen molar-refractivity contribution in [2.75, 3.05) is 0 Å². The third-order valence-electron chi connectivity index (χ3n) is 5.78. The van der Waals surface area contributed by atoms with Gasteiger partial charge in [-0.05, 0) is 26.2 Å². The number of aliphatic hydroxyl groups is 1. The van der Waals surface area contributed by atoms with Crippen molar-refractivity contribution in [1.29, 1.82) is 0 Å². The van der Waals surface area contributed by atoms with Crippen LogP contribution in [0.1, 0.15) is 136 Å². The fourth-order valence-corrected chi connectivity index (χ4v) is 4.13. The van der Waals surface area contributed by atoms with Crippen LogP contribution in [0.2, 0.25) is 0 Å². The summed E-state index contributed by atoms with van der Waals surface area (Å²) in [7, 11) is -4.10. The monoisotopic (exact) mass is 442 g/mol. The molecule has 2 unspecified atom stereocenters. The van der Waals surface area contributed by atoms with Gasteiger partial charge in [0.1, 0.15) is 0 Å². The number of aliphatic hydroxyl groups excluding tert-OH is 1. The Morgan fingerprint density at radius 3 is 1.31 bits per heavy atom. The normalized spacial score (nSPS) is 13.8. The average molecular weight is 443 g/mol. The number of unbranched alkanes of at least 4 members (excludes halogenated alkanes) is 14. The van der Waals surface area contributed by atoms with Crippen molar-refractivity contribution in [3.63, 3.8) is 0 Å². The van der Waals surface area contributed by atoms with Crippen molar-refractivity contribution in [2.45, 2.75) is 147 Å². The first kappa shape index (κ1) is 32.1. The second-order valence-electron chi connectivity index (χ2n) is 8.63. The van der Waals surface area contributed by atoms with E-state index in [1.54, 1.807) is 0 Å². The van der Waals surface area contributed by atoms with E-state index in [4.69, 9.17) is 0 Å². The van der Waals surface area contributed by atoms with Crippen molar-refractivity contribution in [2.24, 2.45) is 0 Å². The summed E-state index contributed by atoms with van der Waals surface area (Å²) in [6.45, 7) is 3.76. The summed E-state index contributed by atoms with van der Waals surface area (Å²) < 4.78 is 32.4. The zero-order valence-corrected chi connectivity index (χ0v) is 22.5. The minimum absolute atomic E-state index is 0. The zero-order valence-electron chi connectivity index (χ0n) is 19.7. The van der Waals surface area contributed by atoms with Gasteiger partial charge in [0.05, 0.1) is 16.2 Å². The first-order valence-electron chi connectivity index (χ1n) is 12.0. The first-order chi connectivity index (χ1) is 13.4. The van der Waals surface area contributed by atoms with E-state index in [0.29, 0.717) is 6.42 Å². The molecule has 4 nitrogen and oxygen atoms in total. The van der Waals surface area contributed by atoms with E-state index in [-0.39, 0.29) is 35.7 Å². The van der Waals surface area contributed by atoms with Crippen LogP contribution in [0.15, 0.2) is 0 Å². The van der Waals surface area contributed by atoms with Crippen molar-refractivity contribution in [3.05, 3.63) is 0 Å².